The Hall–Kier alpha value is -1.07. The van der Waals surface area contributed by atoms with Gasteiger partial charge in [0.1, 0.15) is 12.1 Å². The molecule has 0 spiro atoms. The molecule has 0 saturated carbocycles. The molecular weight excluding hydrogens is 274 g/mol. The maximum absolute atomic E-state index is 4.06. The van der Waals surface area contributed by atoms with Gasteiger partial charge >= 0.3 is 0 Å². The van der Waals surface area contributed by atoms with Crippen molar-refractivity contribution in [2.24, 2.45) is 0 Å². The molecule has 3 nitrogen and oxygen atoms in total. The minimum Gasteiger partial charge on any atom is -0.310 e. The molecule has 1 aromatic carbocycles. The Bertz CT molecular complexity index is 418. The van der Waals surface area contributed by atoms with Crippen LogP contribution in [0.4, 0.5) is 5.82 Å². The molecule has 5 heteroatoms. The van der Waals surface area contributed by atoms with Crippen LogP contribution in [-0.4, -0.2) is 9.97 Å². The van der Waals surface area contributed by atoms with Gasteiger partial charge < -0.3 is 4.72 Å². The zero-order valence-corrected chi connectivity index (χ0v) is 10.1. The molecule has 1 heterocycles. The van der Waals surface area contributed by atoms with E-state index < -0.39 is 0 Å². The quantitative estimate of drug-likeness (QED) is 0.876. The van der Waals surface area contributed by atoms with E-state index in [0.29, 0.717) is 0 Å². The number of nitrogens with zero attached hydrogens (tertiary/aromatic N) is 2. The highest BCUT2D eigenvalue weighted by Crippen LogP contribution is 2.21. The summed E-state index contributed by atoms with van der Waals surface area (Å²) in [6.45, 7) is 0. The molecule has 76 valence electrons. The van der Waals surface area contributed by atoms with Gasteiger partial charge in [0.15, 0.2) is 0 Å². The van der Waals surface area contributed by atoms with Gasteiger partial charge in [0.25, 0.3) is 0 Å². The first-order valence-corrected chi connectivity index (χ1v) is 5.90. The maximum Gasteiger partial charge on any atom is 0.139 e. The summed E-state index contributed by atoms with van der Waals surface area (Å²) in [5.41, 5.74) is 0. The van der Waals surface area contributed by atoms with Crippen LogP contribution in [0.3, 0.4) is 0 Å². The Balaban J connectivity index is 1.96. The second-order valence-corrected chi connectivity index (χ2v) is 4.55. The van der Waals surface area contributed by atoms with Crippen LogP contribution in [0.15, 0.2) is 52.2 Å². The van der Waals surface area contributed by atoms with Gasteiger partial charge in [0.05, 0.1) is 0 Å². The van der Waals surface area contributed by atoms with Crippen molar-refractivity contribution in [3.63, 3.8) is 0 Å². The van der Waals surface area contributed by atoms with Crippen LogP contribution < -0.4 is 4.72 Å². The number of hydrogen-bond donors (Lipinski definition) is 1. The molecule has 0 aliphatic heterocycles. The summed E-state index contributed by atoms with van der Waals surface area (Å²) in [5.74, 6) is 0.804. The summed E-state index contributed by atoms with van der Waals surface area (Å²) >= 11 is 4.91. The molecule has 1 N–H and O–H groups in total. The predicted octanol–water partition coefficient (Wildman–Crippen LogP) is 3.36. The van der Waals surface area contributed by atoms with E-state index in [1.54, 1.807) is 6.20 Å². The molecule has 0 aliphatic carbocycles. The van der Waals surface area contributed by atoms with Crippen molar-refractivity contribution in [2.45, 2.75) is 4.90 Å². The monoisotopic (exact) mass is 281 g/mol. The van der Waals surface area contributed by atoms with Crippen molar-refractivity contribution in [3.05, 3.63) is 47.3 Å². The summed E-state index contributed by atoms with van der Waals surface area (Å²) < 4.78 is 4.21. The summed E-state index contributed by atoms with van der Waals surface area (Å²) in [6.07, 6.45) is 3.22. The summed E-state index contributed by atoms with van der Waals surface area (Å²) in [4.78, 5) is 9.04. The van der Waals surface area contributed by atoms with Gasteiger partial charge in [-0.05, 0) is 42.3 Å². The van der Waals surface area contributed by atoms with E-state index in [2.05, 4.69) is 30.6 Å². The third-order valence-electron chi connectivity index (χ3n) is 1.67. The second-order valence-electron chi connectivity index (χ2n) is 2.75. The number of halogens is 1. The summed E-state index contributed by atoms with van der Waals surface area (Å²) in [7, 11) is 0. The van der Waals surface area contributed by atoms with Crippen LogP contribution in [0, 0.1) is 0 Å². The molecule has 0 unspecified atom stereocenters. The van der Waals surface area contributed by atoms with Crippen LogP contribution >= 0.6 is 27.9 Å². The Morgan fingerprint density at radius 2 is 1.93 bits per heavy atom. The molecule has 0 radical (unpaired) electrons. The lowest BCUT2D eigenvalue weighted by Gasteiger charge is -2.03. The van der Waals surface area contributed by atoms with Gasteiger partial charge in [-0.3, -0.25) is 0 Å². The van der Waals surface area contributed by atoms with Gasteiger partial charge in [-0.1, -0.05) is 15.9 Å². The van der Waals surface area contributed by atoms with Crippen LogP contribution in [0.5, 0.6) is 0 Å². The van der Waals surface area contributed by atoms with Gasteiger partial charge in [0.2, 0.25) is 0 Å². The third kappa shape index (κ3) is 3.21. The van der Waals surface area contributed by atoms with Crippen LogP contribution in [-0.2, 0) is 0 Å². The van der Waals surface area contributed by atoms with Crippen LogP contribution in [0.1, 0.15) is 0 Å². The fourth-order valence-corrected chi connectivity index (χ4v) is 1.84. The molecule has 2 rings (SSSR count). The van der Waals surface area contributed by atoms with E-state index in [-0.39, 0.29) is 0 Å². The highest BCUT2D eigenvalue weighted by molar-refractivity contribution is 9.10. The SMILES string of the molecule is Brc1ccc(SNc2ccncn2)cc1. The van der Waals surface area contributed by atoms with E-state index in [0.717, 1.165) is 15.2 Å². The zero-order valence-electron chi connectivity index (χ0n) is 7.72. The average Bonchev–Trinajstić information content (AvgIpc) is 2.30. The number of aromatic nitrogens is 2. The zero-order chi connectivity index (χ0) is 10.5. The standard InChI is InChI=1S/C10H8BrN3S/c11-8-1-3-9(4-2-8)15-14-10-5-6-12-7-13-10/h1-7H,(H,12,13,14). The number of nitrogens with one attached hydrogen (secondary N) is 1. The van der Waals surface area contributed by atoms with Gasteiger partial charge in [0, 0.05) is 15.6 Å². The van der Waals surface area contributed by atoms with Crippen molar-refractivity contribution < 1.29 is 0 Å². The number of rotatable bonds is 3. The van der Waals surface area contributed by atoms with Crippen molar-refractivity contribution in [3.8, 4) is 0 Å². The second kappa shape index (κ2) is 5.14. The fraction of sp³-hybridized carbons (Fsp3) is 0. The van der Waals surface area contributed by atoms with E-state index >= 15 is 0 Å². The first-order chi connectivity index (χ1) is 7.34. The van der Waals surface area contributed by atoms with E-state index in [9.17, 15) is 0 Å². The summed E-state index contributed by atoms with van der Waals surface area (Å²) in [6, 6.07) is 9.89. The predicted molar refractivity (Wildman–Crippen MR) is 65.7 cm³/mol. The molecule has 1 aromatic heterocycles. The smallest absolute Gasteiger partial charge is 0.139 e. The summed E-state index contributed by atoms with van der Waals surface area (Å²) in [5, 5.41) is 0. The molecule has 0 saturated heterocycles. The van der Waals surface area contributed by atoms with Crippen molar-refractivity contribution >= 4 is 33.7 Å². The third-order valence-corrected chi connectivity index (χ3v) is 3.02. The molecule has 0 aliphatic rings. The Morgan fingerprint density at radius 3 is 2.60 bits per heavy atom. The molecule has 2 aromatic rings. The lowest BCUT2D eigenvalue weighted by Crippen LogP contribution is -1.89. The van der Waals surface area contributed by atoms with Gasteiger partial charge in [-0.15, -0.1) is 0 Å². The Morgan fingerprint density at radius 1 is 1.13 bits per heavy atom. The van der Waals surface area contributed by atoms with E-state index in [4.69, 9.17) is 0 Å². The first kappa shape index (κ1) is 10.4. The van der Waals surface area contributed by atoms with Crippen molar-refractivity contribution in [1.29, 1.82) is 0 Å². The van der Waals surface area contributed by atoms with Gasteiger partial charge in [-0.2, -0.15) is 0 Å². The fourth-order valence-electron chi connectivity index (χ4n) is 0.965. The normalized spacial score (nSPS) is 9.93. The molecule has 0 atom stereocenters. The maximum atomic E-state index is 4.06. The van der Waals surface area contributed by atoms with Crippen LogP contribution in [0.2, 0.25) is 0 Å². The number of anilines is 1. The van der Waals surface area contributed by atoms with Crippen molar-refractivity contribution in [2.75, 3.05) is 4.72 Å². The minimum atomic E-state index is 0.804. The lowest BCUT2D eigenvalue weighted by atomic mass is 10.4. The topological polar surface area (TPSA) is 37.8 Å². The molecule has 0 amide bonds. The first-order valence-electron chi connectivity index (χ1n) is 4.29. The highest BCUT2D eigenvalue weighted by atomic mass is 79.9. The highest BCUT2D eigenvalue weighted by Gasteiger charge is 1.95. The molecule has 0 bridgehead atoms. The van der Waals surface area contributed by atoms with Gasteiger partial charge in [-0.25, -0.2) is 9.97 Å². The molecule has 0 fully saturated rings. The minimum absolute atomic E-state index is 0.804. The number of benzene rings is 1. The van der Waals surface area contributed by atoms with Crippen molar-refractivity contribution in [1.82, 2.24) is 9.97 Å². The van der Waals surface area contributed by atoms with E-state index in [1.807, 2.05) is 30.3 Å². The van der Waals surface area contributed by atoms with E-state index in [1.165, 1.54) is 18.3 Å². The molecular formula is C10H8BrN3S. The number of hydrogen-bond acceptors (Lipinski definition) is 4. The van der Waals surface area contributed by atoms with Crippen LogP contribution in [0.25, 0.3) is 0 Å². The Kier molecular flexibility index (Phi) is 3.58. The Labute approximate surface area is 101 Å². The largest absolute Gasteiger partial charge is 0.310 e. The lowest BCUT2D eigenvalue weighted by molar-refractivity contribution is 1.18. The molecule has 15 heavy (non-hydrogen) atoms. The average molecular weight is 282 g/mol.